The van der Waals surface area contributed by atoms with E-state index in [0.717, 1.165) is 36.3 Å². The van der Waals surface area contributed by atoms with E-state index < -0.39 is 21.7 Å². The van der Waals surface area contributed by atoms with Crippen LogP contribution in [0.3, 0.4) is 0 Å². The Bertz CT molecular complexity index is 1230. The van der Waals surface area contributed by atoms with Crippen molar-refractivity contribution in [2.75, 3.05) is 18.3 Å². The molecule has 1 amide bonds. The van der Waals surface area contributed by atoms with Crippen LogP contribution in [0.2, 0.25) is 5.02 Å². The van der Waals surface area contributed by atoms with Crippen molar-refractivity contribution in [1.82, 2.24) is 10.2 Å². The van der Waals surface area contributed by atoms with Crippen molar-refractivity contribution in [2.24, 2.45) is 0 Å². The van der Waals surface area contributed by atoms with E-state index in [1.54, 1.807) is 0 Å². The SMILES string of the molecule is CCN(C)Cc1cccc(CNC(=O)c2ccc(Cl)c(S(=O)(=O)Nc3ccc(F)cc3)c2)c1. The molecule has 0 aromatic heterocycles. The molecule has 0 saturated carbocycles. The average Bonchev–Trinajstić information content (AvgIpc) is 2.79. The standard InChI is InChI=1S/C24H25ClFN3O3S/c1-3-29(2)16-18-6-4-5-17(13-18)15-27-24(30)19-7-12-22(25)23(14-19)33(31,32)28-21-10-8-20(26)9-11-21/h4-14,28H,3,15-16H2,1-2H3,(H,27,30). The van der Waals surface area contributed by atoms with Crippen molar-refractivity contribution >= 4 is 33.2 Å². The normalized spacial score (nSPS) is 11.4. The molecule has 33 heavy (non-hydrogen) atoms. The van der Waals surface area contributed by atoms with Gasteiger partial charge in [0.1, 0.15) is 10.7 Å². The summed E-state index contributed by atoms with van der Waals surface area (Å²) in [4.78, 5) is 14.6. The van der Waals surface area contributed by atoms with E-state index in [4.69, 9.17) is 11.6 Å². The molecule has 0 aliphatic carbocycles. The monoisotopic (exact) mass is 489 g/mol. The van der Waals surface area contributed by atoms with Crippen LogP contribution < -0.4 is 10.0 Å². The van der Waals surface area contributed by atoms with E-state index in [2.05, 4.69) is 21.9 Å². The Morgan fingerprint density at radius 1 is 1.03 bits per heavy atom. The number of sulfonamides is 1. The van der Waals surface area contributed by atoms with Crippen LogP contribution in [0.25, 0.3) is 0 Å². The maximum absolute atomic E-state index is 13.1. The second kappa shape index (κ2) is 10.8. The molecule has 0 spiro atoms. The zero-order valence-electron chi connectivity index (χ0n) is 18.3. The van der Waals surface area contributed by atoms with Crippen molar-refractivity contribution in [3.8, 4) is 0 Å². The van der Waals surface area contributed by atoms with Gasteiger partial charge in [-0.05, 0) is 67.2 Å². The minimum atomic E-state index is -4.09. The largest absolute Gasteiger partial charge is 0.348 e. The van der Waals surface area contributed by atoms with Gasteiger partial charge >= 0.3 is 0 Å². The Morgan fingerprint density at radius 3 is 2.42 bits per heavy atom. The molecule has 0 aliphatic heterocycles. The highest BCUT2D eigenvalue weighted by Crippen LogP contribution is 2.25. The number of amides is 1. The first-order valence-corrected chi connectivity index (χ1v) is 12.2. The van der Waals surface area contributed by atoms with Gasteiger partial charge in [-0.1, -0.05) is 42.8 Å². The molecular formula is C24H25ClFN3O3S. The van der Waals surface area contributed by atoms with Gasteiger partial charge in [0.05, 0.1) is 5.02 Å². The van der Waals surface area contributed by atoms with Crippen LogP contribution >= 0.6 is 11.6 Å². The second-order valence-corrected chi connectivity index (χ2v) is 9.65. The van der Waals surface area contributed by atoms with E-state index in [-0.39, 0.29) is 21.2 Å². The highest BCUT2D eigenvalue weighted by molar-refractivity contribution is 7.92. The van der Waals surface area contributed by atoms with Gasteiger partial charge in [-0.3, -0.25) is 9.52 Å². The van der Waals surface area contributed by atoms with Gasteiger partial charge in [0.15, 0.2) is 0 Å². The van der Waals surface area contributed by atoms with Gasteiger partial charge in [-0.15, -0.1) is 0 Å². The minimum absolute atomic E-state index is 0.0334. The molecule has 3 rings (SSSR count). The summed E-state index contributed by atoms with van der Waals surface area (Å²) in [7, 11) is -2.06. The van der Waals surface area contributed by atoms with Gasteiger partial charge in [-0.2, -0.15) is 0 Å². The van der Waals surface area contributed by atoms with E-state index in [9.17, 15) is 17.6 Å². The third kappa shape index (κ3) is 6.77. The van der Waals surface area contributed by atoms with Crippen LogP contribution in [0.15, 0.2) is 71.6 Å². The van der Waals surface area contributed by atoms with Crippen molar-refractivity contribution < 1.29 is 17.6 Å². The predicted molar refractivity (Wildman–Crippen MR) is 128 cm³/mol. The van der Waals surface area contributed by atoms with Crippen LogP contribution in [0.1, 0.15) is 28.4 Å². The molecule has 0 saturated heterocycles. The van der Waals surface area contributed by atoms with Crippen LogP contribution in [0.5, 0.6) is 0 Å². The molecule has 0 radical (unpaired) electrons. The predicted octanol–water partition coefficient (Wildman–Crippen LogP) is 4.66. The zero-order chi connectivity index (χ0) is 24.0. The number of carbonyl (C=O) groups excluding carboxylic acids is 1. The first kappa shape index (κ1) is 24.7. The molecule has 0 bridgehead atoms. The van der Waals surface area contributed by atoms with Crippen molar-refractivity contribution in [3.63, 3.8) is 0 Å². The summed E-state index contributed by atoms with van der Waals surface area (Å²) in [5.74, 6) is -0.918. The summed E-state index contributed by atoms with van der Waals surface area (Å²) in [5, 5.41) is 2.78. The highest BCUT2D eigenvalue weighted by Gasteiger charge is 2.20. The number of hydrogen-bond acceptors (Lipinski definition) is 4. The summed E-state index contributed by atoms with van der Waals surface area (Å²) in [6.45, 7) is 4.11. The van der Waals surface area contributed by atoms with Crippen LogP contribution in [-0.4, -0.2) is 32.8 Å². The van der Waals surface area contributed by atoms with Crippen molar-refractivity contribution in [2.45, 2.75) is 24.9 Å². The summed E-state index contributed by atoms with van der Waals surface area (Å²) >= 11 is 6.11. The number of benzene rings is 3. The maximum atomic E-state index is 13.1. The fourth-order valence-corrected chi connectivity index (χ4v) is 4.71. The van der Waals surface area contributed by atoms with Crippen LogP contribution in [0.4, 0.5) is 10.1 Å². The molecular weight excluding hydrogens is 465 g/mol. The lowest BCUT2D eigenvalue weighted by Gasteiger charge is -2.15. The number of rotatable bonds is 9. The van der Waals surface area contributed by atoms with Gasteiger partial charge < -0.3 is 10.2 Å². The van der Waals surface area contributed by atoms with E-state index in [1.807, 2.05) is 31.3 Å². The number of carbonyl (C=O) groups is 1. The van der Waals surface area contributed by atoms with E-state index in [0.29, 0.717) is 6.54 Å². The van der Waals surface area contributed by atoms with E-state index >= 15 is 0 Å². The Labute approximate surface area is 198 Å². The van der Waals surface area contributed by atoms with E-state index in [1.165, 1.54) is 30.3 Å². The minimum Gasteiger partial charge on any atom is -0.348 e. The van der Waals surface area contributed by atoms with Crippen LogP contribution in [-0.2, 0) is 23.1 Å². The molecule has 0 aliphatic rings. The second-order valence-electron chi connectivity index (χ2n) is 7.59. The van der Waals surface area contributed by atoms with Crippen molar-refractivity contribution in [3.05, 3.63) is 94.3 Å². The Kier molecular flexibility index (Phi) is 8.07. The summed E-state index contributed by atoms with van der Waals surface area (Å²) in [5.41, 5.74) is 2.40. The number of halogens is 2. The van der Waals surface area contributed by atoms with Crippen LogP contribution in [0, 0.1) is 5.82 Å². The zero-order valence-corrected chi connectivity index (χ0v) is 19.9. The fraction of sp³-hybridized carbons (Fsp3) is 0.208. The lowest BCUT2D eigenvalue weighted by atomic mass is 10.1. The van der Waals surface area contributed by atoms with Gasteiger partial charge in [-0.25, -0.2) is 12.8 Å². The topological polar surface area (TPSA) is 78.5 Å². The fourth-order valence-electron chi connectivity index (χ4n) is 3.12. The molecule has 2 N–H and O–H groups in total. The van der Waals surface area contributed by atoms with Crippen molar-refractivity contribution in [1.29, 1.82) is 0 Å². The molecule has 0 unspecified atom stereocenters. The lowest BCUT2D eigenvalue weighted by molar-refractivity contribution is 0.0950. The molecule has 3 aromatic rings. The summed E-state index contributed by atoms with van der Waals surface area (Å²) in [6, 6.07) is 16.8. The molecule has 0 atom stereocenters. The van der Waals surface area contributed by atoms with Gasteiger partial charge in [0.25, 0.3) is 15.9 Å². The quantitative estimate of drug-likeness (QED) is 0.458. The first-order chi connectivity index (χ1) is 15.7. The first-order valence-electron chi connectivity index (χ1n) is 10.3. The summed E-state index contributed by atoms with van der Waals surface area (Å²) < 4.78 is 41.0. The molecule has 0 fully saturated rings. The molecule has 9 heteroatoms. The molecule has 6 nitrogen and oxygen atoms in total. The average molecular weight is 490 g/mol. The Morgan fingerprint density at radius 2 is 1.73 bits per heavy atom. The molecule has 3 aromatic carbocycles. The molecule has 0 heterocycles. The number of nitrogens with one attached hydrogen (secondary N) is 2. The third-order valence-electron chi connectivity index (χ3n) is 5.02. The number of anilines is 1. The maximum Gasteiger partial charge on any atom is 0.263 e. The van der Waals surface area contributed by atoms with Gasteiger partial charge in [0.2, 0.25) is 0 Å². The number of hydrogen-bond donors (Lipinski definition) is 2. The Balaban J connectivity index is 1.72. The number of nitrogens with zero attached hydrogens (tertiary/aromatic N) is 1. The highest BCUT2D eigenvalue weighted by atomic mass is 35.5. The lowest BCUT2D eigenvalue weighted by Crippen LogP contribution is -2.23. The summed E-state index contributed by atoms with van der Waals surface area (Å²) in [6.07, 6.45) is 0. The smallest absolute Gasteiger partial charge is 0.263 e. The van der Waals surface area contributed by atoms with Gasteiger partial charge in [0, 0.05) is 24.3 Å². The Hall–Kier alpha value is -2.94. The molecule has 174 valence electrons. The third-order valence-corrected chi connectivity index (χ3v) is 6.88.